The molecule has 2 fully saturated rings. The number of amides is 2. The maximum Gasteiger partial charge on any atom is 0.252 e. The third kappa shape index (κ3) is 2.14. The minimum absolute atomic E-state index is 0.0613. The molecule has 2 aliphatic rings. The quantitative estimate of drug-likeness (QED) is 0.873. The fourth-order valence-electron chi connectivity index (χ4n) is 2.83. The van der Waals surface area contributed by atoms with Crippen LogP contribution in [0.5, 0.6) is 0 Å². The predicted molar refractivity (Wildman–Crippen MR) is 78.6 cm³/mol. The van der Waals surface area contributed by atoms with Gasteiger partial charge in [0.25, 0.3) is 5.91 Å². The van der Waals surface area contributed by atoms with Crippen molar-refractivity contribution in [3.05, 3.63) is 36.5 Å². The molecule has 1 saturated carbocycles. The SMILES string of the molecule is O=C1CC(Nc2cnc3ccccc3c2)C(=O)N1C1CC1. The van der Waals surface area contributed by atoms with Gasteiger partial charge in [0.1, 0.15) is 6.04 Å². The van der Waals surface area contributed by atoms with E-state index in [-0.39, 0.29) is 24.3 Å². The number of carbonyl (C=O) groups excluding carboxylic acids is 2. The number of hydrogen-bond donors (Lipinski definition) is 1. The van der Waals surface area contributed by atoms with Crippen LogP contribution in [0.2, 0.25) is 0 Å². The molecule has 1 unspecified atom stereocenters. The Balaban J connectivity index is 1.57. The summed E-state index contributed by atoms with van der Waals surface area (Å²) in [5.74, 6) is -0.163. The van der Waals surface area contributed by atoms with Gasteiger partial charge in [-0.1, -0.05) is 18.2 Å². The second-order valence-electron chi connectivity index (χ2n) is 5.65. The number of benzene rings is 1. The Morgan fingerprint density at radius 3 is 2.81 bits per heavy atom. The maximum atomic E-state index is 12.3. The summed E-state index contributed by atoms with van der Waals surface area (Å²) in [5, 5.41) is 4.16. The van der Waals surface area contributed by atoms with Gasteiger partial charge < -0.3 is 5.32 Å². The largest absolute Gasteiger partial charge is 0.372 e. The van der Waals surface area contributed by atoms with Gasteiger partial charge in [0.15, 0.2) is 0 Å². The summed E-state index contributed by atoms with van der Waals surface area (Å²) in [4.78, 5) is 30.0. The lowest BCUT2D eigenvalue weighted by Crippen LogP contribution is -2.36. The molecule has 106 valence electrons. The molecular formula is C16H15N3O2. The molecule has 1 aliphatic carbocycles. The van der Waals surface area contributed by atoms with Gasteiger partial charge in [0, 0.05) is 11.4 Å². The Hall–Kier alpha value is -2.43. The summed E-state index contributed by atoms with van der Waals surface area (Å²) >= 11 is 0. The monoisotopic (exact) mass is 281 g/mol. The van der Waals surface area contributed by atoms with E-state index in [1.807, 2.05) is 30.3 Å². The fraction of sp³-hybridized carbons (Fsp3) is 0.312. The molecule has 1 aromatic carbocycles. The maximum absolute atomic E-state index is 12.3. The zero-order valence-electron chi connectivity index (χ0n) is 11.5. The van der Waals surface area contributed by atoms with Crippen LogP contribution in [0.4, 0.5) is 5.69 Å². The van der Waals surface area contributed by atoms with E-state index in [1.165, 1.54) is 4.90 Å². The normalized spacial score (nSPS) is 22.1. The number of nitrogens with one attached hydrogen (secondary N) is 1. The zero-order chi connectivity index (χ0) is 14.4. The number of carbonyl (C=O) groups is 2. The summed E-state index contributed by atoms with van der Waals surface area (Å²) in [6.45, 7) is 0. The van der Waals surface area contributed by atoms with Crippen molar-refractivity contribution in [1.82, 2.24) is 9.88 Å². The number of anilines is 1. The molecule has 1 aliphatic heterocycles. The van der Waals surface area contributed by atoms with E-state index in [9.17, 15) is 9.59 Å². The Morgan fingerprint density at radius 2 is 2.00 bits per heavy atom. The van der Waals surface area contributed by atoms with E-state index in [2.05, 4.69) is 10.3 Å². The Morgan fingerprint density at radius 1 is 1.19 bits per heavy atom. The molecule has 21 heavy (non-hydrogen) atoms. The first kappa shape index (κ1) is 12.3. The van der Waals surface area contributed by atoms with Crippen LogP contribution in [0.25, 0.3) is 10.9 Å². The van der Waals surface area contributed by atoms with Gasteiger partial charge in [-0.3, -0.25) is 19.5 Å². The average molecular weight is 281 g/mol. The molecule has 2 amide bonds. The van der Waals surface area contributed by atoms with Crippen LogP contribution in [0.1, 0.15) is 19.3 Å². The van der Waals surface area contributed by atoms with Crippen molar-refractivity contribution >= 4 is 28.4 Å². The van der Waals surface area contributed by atoms with Crippen LogP contribution < -0.4 is 5.32 Å². The van der Waals surface area contributed by atoms with Crippen LogP contribution >= 0.6 is 0 Å². The minimum Gasteiger partial charge on any atom is -0.372 e. The van der Waals surface area contributed by atoms with E-state index >= 15 is 0 Å². The summed E-state index contributed by atoms with van der Waals surface area (Å²) in [6.07, 6.45) is 3.84. The van der Waals surface area contributed by atoms with Gasteiger partial charge in [0.2, 0.25) is 5.91 Å². The molecule has 0 spiro atoms. The highest BCUT2D eigenvalue weighted by Gasteiger charge is 2.46. The number of likely N-dealkylation sites (tertiary alicyclic amines) is 1. The van der Waals surface area contributed by atoms with E-state index in [0.717, 1.165) is 29.4 Å². The number of nitrogens with zero attached hydrogens (tertiary/aromatic N) is 2. The Labute approximate surface area is 122 Å². The van der Waals surface area contributed by atoms with Gasteiger partial charge in [-0.25, -0.2) is 0 Å². The highest BCUT2D eigenvalue weighted by atomic mass is 16.2. The number of para-hydroxylation sites is 1. The number of rotatable bonds is 3. The van der Waals surface area contributed by atoms with Crippen molar-refractivity contribution in [2.24, 2.45) is 0 Å². The predicted octanol–water partition coefficient (Wildman–Crippen LogP) is 1.94. The Kier molecular flexibility index (Phi) is 2.67. The molecule has 1 saturated heterocycles. The third-order valence-corrected chi connectivity index (χ3v) is 4.03. The number of imide groups is 1. The topological polar surface area (TPSA) is 62.3 Å². The van der Waals surface area contributed by atoms with Crippen LogP contribution in [-0.2, 0) is 9.59 Å². The average Bonchev–Trinajstić information content (AvgIpc) is 3.27. The van der Waals surface area contributed by atoms with E-state index in [1.54, 1.807) is 6.20 Å². The van der Waals surface area contributed by atoms with Crippen molar-refractivity contribution < 1.29 is 9.59 Å². The highest BCUT2D eigenvalue weighted by molar-refractivity contribution is 6.07. The smallest absolute Gasteiger partial charge is 0.252 e. The lowest BCUT2D eigenvalue weighted by molar-refractivity contribution is -0.139. The molecule has 1 N–H and O–H groups in total. The van der Waals surface area contributed by atoms with Crippen LogP contribution in [0, 0.1) is 0 Å². The fourth-order valence-corrected chi connectivity index (χ4v) is 2.83. The van der Waals surface area contributed by atoms with Crippen molar-refractivity contribution in [2.75, 3.05) is 5.32 Å². The van der Waals surface area contributed by atoms with Gasteiger partial charge in [0.05, 0.1) is 23.8 Å². The number of hydrogen-bond acceptors (Lipinski definition) is 4. The van der Waals surface area contributed by atoms with E-state index < -0.39 is 6.04 Å². The molecule has 2 aromatic rings. The van der Waals surface area contributed by atoms with Gasteiger partial charge in [-0.05, 0) is 25.0 Å². The Bertz CT molecular complexity index is 739. The first-order chi connectivity index (χ1) is 10.2. The van der Waals surface area contributed by atoms with Crippen molar-refractivity contribution in [3.63, 3.8) is 0 Å². The third-order valence-electron chi connectivity index (χ3n) is 4.03. The molecule has 0 radical (unpaired) electrons. The standard InChI is InChI=1S/C16H15N3O2/c20-15-8-14(16(21)19(15)12-5-6-12)18-11-7-10-3-1-2-4-13(10)17-9-11/h1-4,7,9,12,14,18H,5-6,8H2. The molecule has 2 heterocycles. The van der Waals surface area contributed by atoms with Crippen LogP contribution in [-0.4, -0.2) is 33.8 Å². The first-order valence-corrected chi connectivity index (χ1v) is 7.19. The molecule has 5 nitrogen and oxygen atoms in total. The van der Waals surface area contributed by atoms with Gasteiger partial charge in [-0.15, -0.1) is 0 Å². The molecule has 4 rings (SSSR count). The number of pyridine rings is 1. The molecule has 0 bridgehead atoms. The second kappa shape index (κ2) is 4.55. The minimum atomic E-state index is -0.457. The highest BCUT2D eigenvalue weighted by Crippen LogP contribution is 2.32. The van der Waals surface area contributed by atoms with E-state index in [4.69, 9.17) is 0 Å². The van der Waals surface area contributed by atoms with Crippen molar-refractivity contribution in [1.29, 1.82) is 0 Å². The zero-order valence-corrected chi connectivity index (χ0v) is 11.5. The number of aromatic nitrogens is 1. The summed E-state index contributed by atoms with van der Waals surface area (Å²) in [5.41, 5.74) is 1.69. The van der Waals surface area contributed by atoms with Gasteiger partial charge >= 0.3 is 0 Å². The molecular weight excluding hydrogens is 266 g/mol. The van der Waals surface area contributed by atoms with E-state index in [0.29, 0.717) is 0 Å². The lowest BCUT2D eigenvalue weighted by Gasteiger charge is -2.15. The second-order valence-corrected chi connectivity index (χ2v) is 5.65. The number of fused-ring (bicyclic) bond motifs is 1. The lowest BCUT2D eigenvalue weighted by atomic mass is 10.2. The van der Waals surface area contributed by atoms with Crippen molar-refractivity contribution in [3.8, 4) is 0 Å². The molecule has 1 atom stereocenters. The summed E-state index contributed by atoms with van der Waals surface area (Å²) in [7, 11) is 0. The summed E-state index contributed by atoms with van der Waals surface area (Å²) < 4.78 is 0. The molecule has 1 aromatic heterocycles. The van der Waals surface area contributed by atoms with Gasteiger partial charge in [-0.2, -0.15) is 0 Å². The molecule has 5 heteroatoms. The van der Waals surface area contributed by atoms with Crippen LogP contribution in [0.15, 0.2) is 36.5 Å². The first-order valence-electron chi connectivity index (χ1n) is 7.19. The van der Waals surface area contributed by atoms with Crippen LogP contribution in [0.3, 0.4) is 0 Å². The summed E-state index contributed by atoms with van der Waals surface area (Å²) in [6, 6.07) is 9.46. The van der Waals surface area contributed by atoms with Crippen molar-refractivity contribution in [2.45, 2.75) is 31.3 Å².